The number of aromatic nitrogens is 1. The number of pyridine rings is 1. The van der Waals surface area contributed by atoms with Crippen molar-refractivity contribution in [3.63, 3.8) is 0 Å². The first-order valence-corrected chi connectivity index (χ1v) is 7.96. The van der Waals surface area contributed by atoms with Gasteiger partial charge in [-0.1, -0.05) is 12.5 Å². The molecule has 4 heteroatoms. The summed E-state index contributed by atoms with van der Waals surface area (Å²) < 4.78 is 0. The van der Waals surface area contributed by atoms with Crippen molar-refractivity contribution >= 4 is 0 Å². The smallest absolute Gasteiger partial charge is 0.0486 e. The van der Waals surface area contributed by atoms with Crippen LogP contribution in [-0.2, 0) is 0 Å². The summed E-state index contributed by atoms with van der Waals surface area (Å²) in [7, 11) is 0. The molecule has 2 aliphatic heterocycles. The van der Waals surface area contributed by atoms with Crippen LogP contribution in [0.4, 0.5) is 0 Å². The molecule has 3 heterocycles. The van der Waals surface area contributed by atoms with Crippen molar-refractivity contribution in [2.45, 2.75) is 37.8 Å². The van der Waals surface area contributed by atoms with Crippen molar-refractivity contribution in [1.82, 2.24) is 14.8 Å². The number of nitrogens with zero attached hydrogens (tertiary/aromatic N) is 3. The Morgan fingerprint density at radius 1 is 1.25 bits per heavy atom. The van der Waals surface area contributed by atoms with Gasteiger partial charge in [-0.15, -0.1) is 0 Å². The highest BCUT2D eigenvalue weighted by atomic mass is 15.3. The molecule has 0 saturated carbocycles. The molecule has 0 bridgehead atoms. The standard InChI is InChI=1S/C16H26N4/c17-11-16(14-5-4-7-18-12-14)20-10-6-15(13-20)19-8-2-1-3-9-19/h4-5,7,12,15-16H,1-3,6,8-11,13,17H2. The van der Waals surface area contributed by atoms with Gasteiger partial charge in [-0.25, -0.2) is 0 Å². The van der Waals surface area contributed by atoms with Crippen LogP contribution in [0.15, 0.2) is 24.5 Å². The molecule has 2 saturated heterocycles. The molecule has 0 spiro atoms. The fourth-order valence-electron chi connectivity index (χ4n) is 3.70. The second kappa shape index (κ2) is 6.66. The first kappa shape index (κ1) is 14.0. The molecule has 2 fully saturated rings. The van der Waals surface area contributed by atoms with E-state index in [2.05, 4.69) is 20.9 Å². The van der Waals surface area contributed by atoms with Gasteiger partial charge in [0.15, 0.2) is 0 Å². The van der Waals surface area contributed by atoms with Crippen LogP contribution in [0, 0.1) is 0 Å². The lowest BCUT2D eigenvalue weighted by atomic mass is 10.1. The average molecular weight is 274 g/mol. The Balaban J connectivity index is 1.63. The monoisotopic (exact) mass is 274 g/mol. The van der Waals surface area contributed by atoms with Crippen molar-refractivity contribution in [3.8, 4) is 0 Å². The first-order chi connectivity index (χ1) is 9.88. The third-order valence-corrected chi connectivity index (χ3v) is 4.84. The van der Waals surface area contributed by atoms with Crippen LogP contribution in [0.25, 0.3) is 0 Å². The maximum atomic E-state index is 6.03. The molecule has 2 aliphatic rings. The number of rotatable bonds is 4. The summed E-state index contributed by atoms with van der Waals surface area (Å²) in [6, 6.07) is 5.23. The Kier molecular flexibility index (Phi) is 4.65. The van der Waals surface area contributed by atoms with E-state index in [-0.39, 0.29) is 0 Å². The summed E-state index contributed by atoms with van der Waals surface area (Å²) in [6.07, 6.45) is 9.24. The minimum absolute atomic E-state index is 0.332. The number of hydrogen-bond donors (Lipinski definition) is 1. The van der Waals surface area contributed by atoms with E-state index in [1.165, 1.54) is 44.3 Å². The molecule has 3 rings (SSSR count). The van der Waals surface area contributed by atoms with Gasteiger partial charge in [0.05, 0.1) is 0 Å². The topological polar surface area (TPSA) is 45.4 Å². The van der Waals surface area contributed by atoms with Crippen LogP contribution in [0.5, 0.6) is 0 Å². The summed E-state index contributed by atoms with van der Waals surface area (Å²) in [5.74, 6) is 0. The van der Waals surface area contributed by atoms with Gasteiger partial charge >= 0.3 is 0 Å². The highest BCUT2D eigenvalue weighted by Gasteiger charge is 2.32. The number of hydrogen-bond acceptors (Lipinski definition) is 4. The molecule has 0 aromatic carbocycles. The van der Waals surface area contributed by atoms with Crippen LogP contribution < -0.4 is 5.73 Å². The zero-order chi connectivity index (χ0) is 13.8. The van der Waals surface area contributed by atoms with Gasteiger partial charge in [0.25, 0.3) is 0 Å². The van der Waals surface area contributed by atoms with E-state index in [4.69, 9.17) is 5.73 Å². The number of piperidine rings is 1. The maximum absolute atomic E-state index is 6.03. The maximum Gasteiger partial charge on any atom is 0.0486 e. The normalized spacial score (nSPS) is 26.8. The van der Waals surface area contributed by atoms with E-state index >= 15 is 0 Å². The summed E-state index contributed by atoms with van der Waals surface area (Å²) >= 11 is 0. The van der Waals surface area contributed by atoms with Crippen LogP contribution >= 0.6 is 0 Å². The average Bonchev–Trinajstić information content (AvgIpc) is 3.00. The fourth-order valence-corrected chi connectivity index (χ4v) is 3.70. The van der Waals surface area contributed by atoms with Gasteiger partial charge in [-0.2, -0.15) is 0 Å². The largest absolute Gasteiger partial charge is 0.329 e. The van der Waals surface area contributed by atoms with Gasteiger partial charge in [0, 0.05) is 44.1 Å². The molecule has 1 aromatic heterocycles. The Bertz CT molecular complexity index is 402. The second-order valence-electron chi connectivity index (χ2n) is 6.07. The summed E-state index contributed by atoms with van der Waals surface area (Å²) in [6.45, 7) is 5.59. The predicted octanol–water partition coefficient (Wildman–Crippen LogP) is 1.64. The summed E-state index contributed by atoms with van der Waals surface area (Å²) in [5, 5.41) is 0. The lowest BCUT2D eigenvalue weighted by Gasteiger charge is -2.33. The predicted molar refractivity (Wildman–Crippen MR) is 81.4 cm³/mol. The third kappa shape index (κ3) is 3.03. The van der Waals surface area contributed by atoms with E-state index in [0.29, 0.717) is 12.6 Å². The molecule has 1 aromatic rings. The zero-order valence-corrected chi connectivity index (χ0v) is 12.2. The summed E-state index contributed by atoms with van der Waals surface area (Å²) in [5.41, 5.74) is 7.28. The van der Waals surface area contributed by atoms with Crippen molar-refractivity contribution in [2.24, 2.45) is 5.73 Å². The van der Waals surface area contributed by atoms with E-state index < -0.39 is 0 Å². The summed E-state index contributed by atoms with van der Waals surface area (Å²) in [4.78, 5) is 9.49. The van der Waals surface area contributed by atoms with E-state index in [1.54, 1.807) is 0 Å². The van der Waals surface area contributed by atoms with Gasteiger partial charge < -0.3 is 5.73 Å². The highest BCUT2D eigenvalue weighted by Crippen LogP contribution is 2.27. The quantitative estimate of drug-likeness (QED) is 0.906. The van der Waals surface area contributed by atoms with Crippen LogP contribution in [0.1, 0.15) is 37.3 Å². The van der Waals surface area contributed by atoms with Crippen molar-refractivity contribution in [3.05, 3.63) is 30.1 Å². The first-order valence-electron chi connectivity index (χ1n) is 7.96. The number of likely N-dealkylation sites (tertiary alicyclic amines) is 2. The van der Waals surface area contributed by atoms with Crippen molar-refractivity contribution in [2.75, 3.05) is 32.7 Å². The molecule has 2 N–H and O–H groups in total. The van der Waals surface area contributed by atoms with E-state index in [9.17, 15) is 0 Å². The molecule has 20 heavy (non-hydrogen) atoms. The minimum atomic E-state index is 0.332. The second-order valence-corrected chi connectivity index (χ2v) is 6.07. The van der Waals surface area contributed by atoms with E-state index in [0.717, 1.165) is 19.1 Å². The van der Waals surface area contributed by atoms with E-state index in [1.807, 2.05) is 18.5 Å². The minimum Gasteiger partial charge on any atom is -0.329 e. The highest BCUT2D eigenvalue weighted by molar-refractivity contribution is 5.15. The molecule has 2 unspecified atom stereocenters. The number of nitrogens with two attached hydrogens (primary N) is 1. The van der Waals surface area contributed by atoms with Crippen LogP contribution in [0.3, 0.4) is 0 Å². The molecule has 0 aliphatic carbocycles. The van der Waals surface area contributed by atoms with Gasteiger partial charge in [-0.3, -0.25) is 14.8 Å². The van der Waals surface area contributed by atoms with Gasteiger partial charge in [0.2, 0.25) is 0 Å². The molecule has 2 atom stereocenters. The van der Waals surface area contributed by atoms with Gasteiger partial charge in [0.1, 0.15) is 0 Å². The third-order valence-electron chi connectivity index (χ3n) is 4.84. The zero-order valence-electron chi connectivity index (χ0n) is 12.2. The Morgan fingerprint density at radius 3 is 2.80 bits per heavy atom. The molecule has 4 nitrogen and oxygen atoms in total. The molecule has 110 valence electrons. The Morgan fingerprint density at radius 2 is 2.10 bits per heavy atom. The molecule has 0 amide bonds. The lowest BCUT2D eigenvalue weighted by molar-refractivity contribution is 0.152. The fraction of sp³-hybridized carbons (Fsp3) is 0.688. The molecular formula is C16H26N4. The molecule has 0 radical (unpaired) electrons. The van der Waals surface area contributed by atoms with Gasteiger partial charge in [-0.05, 0) is 44.0 Å². The van der Waals surface area contributed by atoms with Crippen molar-refractivity contribution in [1.29, 1.82) is 0 Å². The van der Waals surface area contributed by atoms with Crippen LogP contribution in [0.2, 0.25) is 0 Å². The van der Waals surface area contributed by atoms with Crippen LogP contribution in [-0.4, -0.2) is 53.5 Å². The SMILES string of the molecule is NCC(c1cccnc1)N1CCC(N2CCCCC2)C1. The molecular weight excluding hydrogens is 248 g/mol. The Labute approximate surface area is 122 Å². The lowest BCUT2D eigenvalue weighted by Crippen LogP contribution is -2.42. The van der Waals surface area contributed by atoms with Crippen molar-refractivity contribution < 1.29 is 0 Å². The Hall–Kier alpha value is -0.970.